The summed E-state index contributed by atoms with van der Waals surface area (Å²) in [6.45, 7) is 0.913. The van der Waals surface area contributed by atoms with Gasteiger partial charge in [0.1, 0.15) is 6.10 Å². The number of rotatable bonds is 4. The van der Waals surface area contributed by atoms with Crippen molar-refractivity contribution < 1.29 is 22.7 Å². The molecule has 162 valence electrons. The highest BCUT2D eigenvalue weighted by atomic mass is 19.4. The first-order chi connectivity index (χ1) is 14.6. The van der Waals surface area contributed by atoms with Crippen molar-refractivity contribution in [2.75, 3.05) is 32.1 Å². The molecule has 0 aliphatic carbocycles. The topological polar surface area (TPSA) is 65.6 Å². The van der Waals surface area contributed by atoms with Gasteiger partial charge in [-0.2, -0.15) is 13.2 Å². The second-order valence-corrected chi connectivity index (χ2v) is 7.71. The fraction of sp³-hybridized carbons (Fsp3) is 0.273. The van der Waals surface area contributed by atoms with Gasteiger partial charge in [0.25, 0.3) is 5.56 Å². The number of aromatic amines is 1. The number of fused-ring (bicyclic) bond motifs is 1. The van der Waals surface area contributed by atoms with Crippen LogP contribution in [0.3, 0.4) is 0 Å². The number of alkyl halides is 3. The Labute approximate surface area is 175 Å². The predicted octanol–water partition coefficient (Wildman–Crippen LogP) is 4.10. The molecule has 1 atom stereocenters. The first kappa shape index (κ1) is 20.9. The maximum atomic E-state index is 13.4. The number of H-pyrrole nitrogens is 1. The molecule has 31 heavy (non-hydrogen) atoms. The standard InChI is InChI=1S/C22H20F3N3O3/c1-27(2)11-15-12-28(21(30)31-15)14-8-7-13-9-19(26-20(29)17(13)10-14)16-5-3-4-6-18(16)22(23,24)25/h3-10,15H,11-12H2,1-2H3,(H,26,29). The number of carbonyl (C=O) groups excluding carboxylic acids is 1. The van der Waals surface area contributed by atoms with E-state index >= 15 is 0 Å². The van der Waals surface area contributed by atoms with Gasteiger partial charge in [-0.15, -0.1) is 0 Å². The van der Waals surface area contributed by atoms with Crippen LogP contribution in [0.15, 0.2) is 53.3 Å². The molecule has 1 aliphatic rings. The van der Waals surface area contributed by atoms with Gasteiger partial charge in [0, 0.05) is 28.9 Å². The summed E-state index contributed by atoms with van der Waals surface area (Å²) in [6, 6.07) is 11.4. The van der Waals surface area contributed by atoms with Gasteiger partial charge < -0.3 is 14.6 Å². The zero-order chi connectivity index (χ0) is 22.3. The molecule has 3 aromatic rings. The fourth-order valence-electron chi connectivity index (χ4n) is 3.76. The van der Waals surface area contributed by atoms with Gasteiger partial charge in [-0.3, -0.25) is 9.69 Å². The molecule has 4 rings (SSSR count). The number of nitrogens with zero attached hydrogens (tertiary/aromatic N) is 2. The third-order valence-corrected chi connectivity index (χ3v) is 5.11. The van der Waals surface area contributed by atoms with E-state index in [1.165, 1.54) is 29.2 Å². The second-order valence-electron chi connectivity index (χ2n) is 7.71. The SMILES string of the molecule is CN(C)CC1CN(c2ccc3cc(-c4ccccc4C(F)(F)F)[nH]c(=O)c3c2)C(=O)O1. The normalized spacial score (nSPS) is 16.9. The van der Waals surface area contributed by atoms with Crippen LogP contribution >= 0.6 is 0 Å². The molecular formula is C22H20F3N3O3. The van der Waals surface area contributed by atoms with Crippen LogP contribution in [-0.4, -0.2) is 49.3 Å². The zero-order valence-electron chi connectivity index (χ0n) is 16.9. The Morgan fingerprint density at radius 1 is 1.13 bits per heavy atom. The molecule has 0 saturated carbocycles. The number of carbonyl (C=O) groups is 1. The lowest BCUT2D eigenvalue weighted by atomic mass is 10.0. The van der Waals surface area contributed by atoms with Crippen molar-refractivity contribution in [2.24, 2.45) is 0 Å². The summed E-state index contributed by atoms with van der Waals surface area (Å²) in [4.78, 5) is 30.9. The van der Waals surface area contributed by atoms with E-state index in [9.17, 15) is 22.8 Å². The van der Waals surface area contributed by atoms with Crippen LogP contribution in [0.1, 0.15) is 5.56 Å². The lowest BCUT2D eigenvalue weighted by molar-refractivity contribution is -0.137. The molecule has 1 aromatic heterocycles. The number of benzene rings is 2. The third-order valence-electron chi connectivity index (χ3n) is 5.11. The van der Waals surface area contributed by atoms with Gasteiger partial charge >= 0.3 is 12.3 Å². The molecule has 9 heteroatoms. The van der Waals surface area contributed by atoms with Gasteiger partial charge in [-0.1, -0.05) is 24.3 Å². The molecule has 1 amide bonds. The monoisotopic (exact) mass is 431 g/mol. The Hall–Kier alpha value is -3.33. The molecular weight excluding hydrogens is 411 g/mol. The summed E-state index contributed by atoms with van der Waals surface area (Å²) < 4.78 is 45.5. The van der Waals surface area contributed by atoms with E-state index in [1.807, 2.05) is 19.0 Å². The summed E-state index contributed by atoms with van der Waals surface area (Å²) in [5, 5.41) is 0.742. The second kappa shape index (κ2) is 7.73. The lowest BCUT2D eigenvalue weighted by Crippen LogP contribution is -2.30. The van der Waals surface area contributed by atoms with Crippen molar-refractivity contribution >= 4 is 22.6 Å². The Morgan fingerprint density at radius 3 is 2.58 bits per heavy atom. The maximum absolute atomic E-state index is 13.4. The van der Waals surface area contributed by atoms with E-state index in [-0.39, 0.29) is 22.7 Å². The Kier molecular flexibility index (Phi) is 5.22. The van der Waals surface area contributed by atoms with Crippen LogP contribution in [0.4, 0.5) is 23.7 Å². The molecule has 1 N–H and O–H groups in total. The molecule has 1 fully saturated rings. The maximum Gasteiger partial charge on any atom is 0.417 e. The van der Waals surface area contributed by atoms with Gasteiger partial charge in [-0.25, -0.2) is 4.79 Å². The quantitative estimate of drug-likeness (QED) is 0.676. The molecule has 1 unspecified atom stereocenters. The molecule has 2 heterocycles. The number of pyridine rings is 1. The number of nitrogens with one attached hydrogen (secondary N) is 1. The molecule has 0 radical (unpaired) electrons. The Bertz CT molecular complexity index is 1200. The highest BCUT2D eigenvalue weighted by Gasteiger charge is 2.34. The van der Waals surface area contributed by atoms with Crippen molar-refractivity contribution in [3.8, 4) is 11.3 Å². The van der Waals surface area contributed by atoms with E-state index in [1.54, 1.807) is 18.2 Å². The first-order valence-corrected chi connectivity index (χ1v) is 9.60. The van der Waals surface area contributed by atoms with Crippen LogP contribution in [-0.2, 0) is 10.9 Å². The first-order valence-electron chi connectivity index (χ1n) is 9.60. The summed E-state index contributed by atoms with van der Waals surface area (Å²) in [7, 11) is 3.75. The highest BCUT2D eigenvalue weighted by molar-refractivity contribution is 5.94. The van der Waals surface area contributed by atoms with Crippen LogP contribution in [0.25, 0.3) is 22.0 Å². The van der Waals surface area contributed by atoms with Crippen molar-refractivity contribution in [3.63, 3.8) is 0 Å². The third kappa shape index (κ3) is 4.13. The van der Waals surface area contributed by atoms with Gasteiger partial charge in [-0.05, 0) is 43.7 Å². The van der Waals surface area contributed by atoms with Crippen LogP contribution in [0, 0.1) is 0 Å². The predicted molar refractivity (Wildman–Crippen MR) is 111 cm³/mol. The lowest BCUT2D eigenvalue weighted by Gasteiger charge is -2.16. The van der Waals surface area contributed by atoms with Crippen LogP contribution in [0.2, 0.25) is 0 Å². The number of cyclic esters (lactones) is 1. The van der Waals surface area contributed by atoms with Crippen LogP contribution < -0.4 is 10.5 Å². The van der Waals surface area contributed by atoms with E-state index in [0.717, 1.165) is 6.07 Å². The molecule has 6 nitrogen and oxygen atoms in total. The Morgan fingerprint density at radius 2 is 1.87 bits per heavy atom. The average molecular weight is 431 g/mol. The summed E-state index contributed by atoms with van der Waals surface area (Å²) in [6.07, 6.45) is -5.35. The zero-order valence-corrected chi connectivity index (χ0v) is 16.9. The van der Waals surface area contributed by atoms with E-state index in [4.69, 9.17) is 4.74 Å². The van der Waals surface area contributed by atoms with Crippen molar-refractivity contribution in [1.82, 2.24) is 9.88 Å². The number of hydrogen-bond acceptors (Lipinski definition) is 4. The number of likely N-dealkylation sites (N-methyl/N-ethyl adjacent to an activating group) is 1. The number of amides is 1. The minimum Gasteiger partial charge on any atom is -0.443 e. The van der Waals surface area contributed by atoms with Gasteiger partial charge in [0.15, 0.2) is 0 Å². The van der Waals surface area contributed by atoms with Crippen LogP contribution in [0.5, 0.6) is 0 Å². The Balaban J connectivity index is 1.72. The average Bonchev–Trinajstić information content (AvgIpc) is 3.06. The van der Waals surface area contributed by atoms with E-state index in [2.05, 4.69) is 4.98 Å². The van der Waals surface area contributed by atoms with Crippen molar-refractivity contribution in [1.29, 1.82) is 0 Å². The number of ether oxygens (including phenoxy) is 1. The highest BCUT2D eigenvalue weighted by Crippen LogP contribution is 2.36. The molecule has 1 aliphatic heterocycles. The summed E-state index contributed by atoms with van der Waals surface area (Å²) in [5.74, 6) is 0. The summed E-state index contributed by atoms with van der Waals surface area (Å²) in [5.41, 5.74) is -0.901. The molecule has 0 spiro atoms. The minimum atomic E-state index is -4.55. The fourth-order valence-corrected chi connectivity index (χ4v) is 3.76. The van der Waals surface area contributed by atoms with E-state index in [0.29, 0.717) is 24.2 Å². The molecule has 0 bridgehead atoms. The number of hydrogen-bond donors (Lipinski definition) is 1. The largest absolute Gasteiger partial charge is 0.443 e. The summed E-state index contributed by atoms with van der Waals surface area (Å²) >= 11 is 0. The molecule has 1 saturated heterocycles. The minimum absolute atomic E-state index is 0.0739. The van der Waals surface area contributed by atoms with E-state index < -0.39 is 23.4 Å². The number of halogens is 3. The van der Waals surface area contributed by atoms with Gasteiger partial charge in [0.2, 0.25) is 0 Å². The van der Waals surface area contributed by atoms with Crippen molar-refractivity contribution in [2.45, 2.75) is 12.3 Å². The molecule has 2 aromatic carbocycles. The smallest absolute Gasteiger partial charge is 0.417 e. The van der Waals surface area contributed by atoms with Gasteiger partial charge in [0.05, 0.1) is 12.1 Å². The van der Waals surface area contributed by atoms with Crippen molar-refractivity contribution in [3.05, 3.63) is 64.4 Å². The number of anilines is 1. The number of aromatic nitrogens is 1.